The first-order valence-electron chi connectivity index (χ1n) is 5.73. The van der Waals surface area contributed by atoms with Crippen LogP contribution in [0.4, 0.5) is 0 Å². The van der Waals surface area contributed by atoms with Crippen molar-refractivity contribution in [3.8, 4) is 27.6 Å². The Morgan fingerprint density at radius 1 is 1.00 bits per heavy atom. The molecule has 0 atom stereocenters. The van der Waals surface area contributed by atoms with Gasteiger partial charge in [0.2, 0.25) is 0 Å². The van der Waals surface area contributed by atoms with E-state index in [1.807, 2.05) is 41.8 Å². The number of phenols is 1. The first-order chi connectivity index (χ1) is 9.22. The lowest BCUT2D eigenvalue weighted by molar-refractivity contribution is 0.475. The number of benzene rings is 2. The van der Waals surface area contributed by atoms with Gasteiger partial charge in [0.15, 0.2) is 0 Å². The van der Waals surface area contributed by atoms with Gasteiger partial charge < -0.3 is 5.11 Å². The molecule has 1 heterocycles. The third kappa shape index (κ3) is 2.69. The third-order valence-electron chi connectivity index (χ3n) is 2.74. The maximum absolute atomic E-state index is 9.50. The normalized spacial score (nSPS) is 10.6. The minimum Gasteiger partial charge on any atom is -0.508 e. The van der Waals surface area contributed by atoms with Gasteiger partial charge in [0.05, 0.1) is 5.69 Å². The molecule has 0 bridgehead atoms. The van der Waals surface area contributed by atoms with Crippen LogP contribution >= 0.6 is 27.3 Å². The monoisotopic (exact) mass is 331 g/mol. The topological polar surface area (TPSA) is 33.1 Å². The first kappa shape index (κ1) is 12.4. The van der Waals surface area contributed by atoms with Gasteiger partial charge in [-0.1, -0.05) is 40.2 Å². The molecule has 0 saturated heterocycles. The summed E-state index contributed by atoms with van der Waals surface area (Å²) in [5.41, 5.74) is 2.98. The van der Waals surface area contributed by atoms with Crippen molar-refractivity contribution in [1.82, 2.24) is 4.98 Å². The fourth-order valence-electron chi connectivity index (χ4n) is 1.80. The summed E-state index contributed by atoms with van der Waals surface area (Å²) in [4.78, 5) is 4.61. The molecule has 0 amide bonds. The third-order valence-corrected chi connectivity index (χ3v) is 4.16. The van der Waals surface area contributed by atoms with Crippen molar-refractivity contribution in [1.29, 1.82) is 0 Å². The van der Waals surface area contributed by atoms with Crippen LogP contribution in [0.2, 0.25) is 0 Å². The highest BCUT2D eigenvalue weighted by Gasteiger charge is 2.07. The molecule has 2 nitrogen and oxygen atoms in total. The first-order valence-corrected chi connectivity index (χ1v) is 7.40. The van der Waals surface area contributed by atoms with E-state index >= 15 is 0 Å². The van der Waals surface area contributed by atoms with Gasteiger partial charge in [-0.2, -0.15) is 0 Å². The molecule has 1 aromatic heterocycles. The minimum atomic E-state index is 0.262. The number of hydrogen-bond donors (Lipinski definition) is 1. The van der Waals surface area contributed by atoms with Crippen LogP contribution in [0, 0.1) is 0 Å². The number of halogens is 1. The summed E-state index contributed by atoms with van der Waals surface area (Å²) < 4.78 is 1.06. The Hall–Kier alpha value is -1.65. The number of rotatable bonds is 2. The second-order valence-electron chi connectivity index (χ2n) is 4.10. The van der Waals surface area contributed by atoms with Gasteiger partial charge in [0.1, 0.15) is 10.8 Å². The van der Waals surface area contributed by atoms with E-state index in [1.165, 1.54) is 0 Å². The van der Waals surface area contributed by atoms with E-state index in [4.69, 9.17) is 0 Å². The summed E-state index contributed by atoms with van der Waals surface area (Å²) >= 11 is 5.00. The number of hydrogen-bond acceptors (Lipinski definition) is 3. The number of phenolic OH excluding ortho intramolecular Hbond substituents is 1. The van der Waals surface area contributed by atoms with E-state index in [9.17, 15) is 5.11 Å². The molecule has 0 radical (unpaired) electrons. The van der Waals surface area contributed by atoms with Crippen molar-refractivity contribution in [2.45, 2.75) is 0 Å². The molecule has 0 aliphatic heterocycles. The Bertz CT molecular complexity index is 706. The maximum Gasteiger partial charge on any atom is 0.124 e. The molecule has 0 aliphatic carbocycles. The van der Waals surface area contributed by atoms with Crippen LogP contribution in [0.25, 0.3) is 21.8 Å². The zero-order chi connectivity index (χ0) is 13.2. The SMILES string of the molecule is Oc1cccc(-c2nc(-c3ccc(Br)cc3)cs2)c1. The smallest absolute Gasteiger partial charge is 0.124 e. The molecule has 3 rings (SSSR count). The maximum atomic E-state index is 9.50. The number of thiazole rings is 1. The lowest BCUT2D eigenvalue weighted by atomic mass is 10.2. The Labute approximate surface area is 123 Å². The molecule has 2 aromatic carbocycles. The van der Waals surface area contributed by atoms with Gasteiger partial charge >= 0.3 is 0 Å². The van der Waals surface area contributed by atoms with Crippen LogP contribution in [0.1, 0.15) is 0 Å². The quantitative estimate of drug-likeness (QED) is 0.721. The Balaban J connectivity index is 1.97. The van der Waals surface area contributed by atoms with Crippen LogP contribution in [0.5, 0.6) is 5.75 Å². The second kappa shape index (κ2) is 5.15. The summed E-state index contributed by atoms with van der Waals surface area (Å²) in [6.07, 6.45) is 0. The van der Waals surface area contributed by atoms with Crippen molar-refractivity contribution >= 4 is 27.3 Å². The van der Waals surface area contributed by atoms with E-state index in [0.29, 0.717) is 0 Å². The molecule has 0 spiro atoms. The molecule has 3 aromatic rings. The molecular formula is C15H10BrNOS. The molecule has 4 heteroatoms. The summed E-state index contributed by atoms with van der Waals surface area (Å²) in [6, 6.07) is 15.2. The summed E-state index contributed by atoms with van der Waals surface area (Å²) in [5, 5.41) is 12.4. The molecule has 94 valence electrons. The fourth-order valence-corrected chi connectivity index (χ4v) is 2.89. The second-order valence-corrected chi connectivity index (χ2v) is 5.87. The highest BCUT2D eigenvalue weighted by molar-refractivity contribution is 9.10. The summed E-state index contributed by atoms with van der Waals surface area (Å²) in [7, 11) is 0. The zero-order valence-corrected chi connectivity index (χ0v) is 12.3. The van der Waals surface area contributed by atoms with Crippen molar-refractivity contribution in [2.24, 2.45) is 0 Å². The van der Waals surface area contributed by atoms with E-state index in [-0.39, 0.29) is 5.75 Å². The van der Waals surface area contributed by atoms with Crippen LogP contribution in [0.15, 0.2) is 58.4 Å². The van der Waals surface area contributed by atoms with Crippen LogP contribution < -0.4 is 0 Å². The van der Waals surface area contributed by atoms with Gasteiger partial charge in [0, 0.05) is 21.0 Å². The molecule has 0 fully saturated rings. The van der Waals surface area contributed by atoms with E-state index in [2.05, 4.69) is 20.9 Å². The Morgan fingerprint density at radius 2 is 1.79 bits per heavy atom. The van der Waals surface area contributed by atoms with Crippen LogP contribution in [0.3, 0.4) is 0 Å². The predicted molar refractivity (Wildman–Crippen MR) is 82.4 cm³/mol. The van der Waals surface area contributed by atoms with Crippen molar-refractivity contribution in [2.75, 3.05) is 0 Å². The van der Waals surface area contributed by atoms with Gasteiger partial charge in [-0.3, -0.25) is 0 Å². The average molecular weight is 332 g/mol. The molecule has 0 unspecified atom stereocenters. The van der Waals surface area contributed by atoms with Crippen molar-refractivity contribution in [3.63, 3.8) is 0 Å². The molecule has 0 aliphatic rings. The van der Waals surface area contributed by atoms with E-state index in [1.54, 1.807) is 23.5 Å². The van der Waals surface area contributed by atoms with Crippen LogP contribution in [-0.4, -0.2) is 10.1 Å². The van der Waals surface area contributed by atoms with Crippen molar-refractivity contribution < 1.29 is 5.11 Å². The highest BCUT2D eigenvalue weighted by Crippen LogP contribution is 2.30. The highest BCUT2D eigenvalue weighted by atomic mass is 79.9. The number of aromatic nitrogens is 1. The van der Waals surface area contributed by atoms with Gasteiger partial charge in [0.25, 0.3) is 0 Å². The van der Waals surface area contributed by atoms with Crippen molar-refractivity contribution in [3.05, 3.63) is 58.4 Å². The molecular weight excluding hydrogens is 322 g/mol. The number of aromatic hydroxyl groups is 1. The summed E-state index contributed by atoms with van der Waals surface area (Å²) in [5.74, 6) is 0.262. The van der Waals surface area contributed by atoms with Crippen LogP contribution in [-0.2, 0) is 0 Å². The Kier molecular flexibility index (Phi) is 3.36. The minimum absolute atomic E-state index is 0.262. The fraction of sp³-hybridized carbons (Fsp3) is 0. The Morgan fingerprint density at radius 3 is 2.53 bits per heavy atom. The van der Waals surface area contributed by atoms with Gasteiger partial charge in [-0.05, 0) is 24.3 Å². The molecule has 0 saturated carbocycles. The van der Waals surface area contributed by atoms with E-state index < -0.39 is 0 Å². The lowest BCUT2D eigenvalue weighted by Crippen LogP contribution is -1.79. The van der Waals surface area contributed by atoms with E-state index in [0.717, 1.165) is 26.3 Å². The van der Waals surface area contributed by atoms with Gasteiger partial charge in [-0.25, -0.2) is 4.98 Å². The molecule has 19 heavy (non-hydrogen) atoms. The standard InChI is InChI=1S/C15H10BrNOS/c16-12-6-4-10(5-7-12)14-9-19-15(17-14)11-2-1-3-13(18)8-11/h1-9,18H. The van der Waals surface area contributed by atoms with Gasteiger partial charge in [-0.15, -0.1) is 11.3 Å². The largest absolute Gasteiger partial charge is 0.508 e. The lowest BCUT2D eigenvalue weighted by Gasteiger charge is -1.98. The number of nitrogens with zero attached hydrogens (tertiary/aromatic N) is 1. The zero-order valence-electron chi connectivity index (χ0n) is 9.88. The predicted octanol–water partition coefficient (Wildman–Crippen LogP) is 4.95. The summed E-state index contributed by atoms with van der Waals surface area (Å²) in [6.45, 7) is 0. The average Bonchev–Trinajstić information content (AvgIpc) is 2.89. The molecule has 1 N–H and O–H groups in total.